The number of hydrogen-bond acceptors (Lipinski definition) is 3. The summed E-state index contributed by atoms with van der Waals surface area (Å²) in [6.07, 6.45) is 1.75. The van der Waals surface area contributed by atoms with Crippen LogP contribution in [0.15, 0.2) is 35.8 Å². The Bertz CT molecular complexity index is 554. The van der Waals surface area contributed by atoms with Crippen LogP contribution in [-0.4, -0.2) is 15.2 Å². The first-order chi connectivity index (χ1) is 6.95. The largest absolute Gasteiger partial charge is 0.274 e. The quantitative estimate of drug-likeness (QED) is 0.657. The Hall–Kier alpha value is -1.68. The number of fused-ring (bicyclic) bond motifs is 1. The van der Waals surface area contributed by atoms with E-state index in [1.807, 2.05) is 18.2 Å². The van der Waals surface area contributed by atoms with Crippen molar-refractivity contribution in [2.75, 3.05) is 0 Å². The van der Waals surface area contributed by atoms with E-state index in [9.17, 15) is 0 Å². The molecule has 3 aromatic rings. The molecular formula is C10H7N3S. The van der Waals surface area contributed by atoms with Gasteiger partial charge in [0.1, 0.15) is 0 Å². The topological polar surface area (TPSA) is 41.6 Å². The van der Waals surface area contributed by atoms with Crippen molar-refractivity contribution in [2.45, 2.75) is 0 Å². The van der Waals surface area contributed by atoms with Crippen molar-refractivity contribution in [1.29, 1.82) is 0 Å². The second-order valence-electron chi connectivity index (χ2n) is 2.95. The van der Waals surface area contributed by atoms with Gasteiger partial charge in [0.05, 0.1) is 10.6 Å². The first-order valence-electron chi connectivity index (χ1n) is 4.28. The van der Waals surface area contributed by atoms with E-state index in [2.05, 4.69) is 26.6 Å². The summed E-state index contributed by atoms with van der Waals surface area (Å²) in [5.74, 6) is 0. The molecule has 0 spiro atoms. The Morgan fingerprint density at radius 3 is 3.07 bits per heavy atom. The Balaban J connectivity index is 2.33. The van der Waals surface area contributed by atoms with E-state index < -0.39 is 0 Å². The van der Waals surface area contributed by atoms with Gasteiger partial charge in [0.25, 0.3) is 0 Å². The average molecular weight is 201 g/mol. The molecule has 0 fully saturated rings. The van der Waals surface area contributed by atoms with Crippen LogP contribution in [0.1, 0.15) is 0 Å². The van der Waals surface area contributed by atoms with Gasteiger partial charge in [0.15, 0.2) is 5.65 Å². The van der Waals surface area contributed by atoms with Gasteiger partial charge in [-0.2, -0.15) is 5.10 Å². The van der Waals surface area contributed by atoms with Gasteiger partial charge >= 0.3 is 0 Å². The van der Waals surface area contributed by atoms with Crippen molar-refractivity contribution in [3.05, 3.63) is 35.8 Å². The molecule has 68 valence electrons. The van der Waals surface area contributed by atoms with Crippen LogP contribution in [0.3, 0.4) is 0 Å². The highest BCUT2D eigenvalue weighted by molar-refractivity contribution is 7.13. The number of aromatic amines is 1. The first-order valence-corrected chi connectivity index (χ1v) is 5.16. The van der Waals surface area contributed by atoms with Crippen molar-refractivity contribution in [2.24, 2.45) is 0 Å². The van der Waals surface area contributed by atoms with Gasteiger partial charge in [-0.3, -0.25) is 5.10 Å². The molecule has 3 rings (SSSR count). The zero-order valence-corrected chi connectivity index (χ0v) is 8.08. The fourth-order valence-electron chi connectivity index (χ4n) is 1.46. The van der Waals surface area contributed by atoms with E-state index in [0.717, 1.165) is 16.7 Å². The third kappa shape index (κ3) is 1.04. The summed E-state index contributed by atoms with van der Waals surface area (Å²) < 4.78 is 0. The van der Waals surface area contributed by atoms with Crippen LogP contribution in [0.2, 0.25) is 0 Å². The lowest BCUT2D eigenvalue weighted by Crippen LogP contribution is -1.72. The zero-order chi connectivity index (χ0) is 9.38. The minimum absolute atomic E-state index is 0.774. The average Bonchev–Trinajstić information content (AvgIpc) is 2.85. The van der Waals surface area contributed by atoms with E-state index in [1.165, 1.54) is 4.88 Å². The van der Waals surface area contributed by atoms with Crippen molar-refractivity contribution in [1.82, 2.24) is 15.2 Å². The van der Waals surface area contributed by atoms with Gasteiger partial charge in [-0.05, 0) is 23.6 Å². The van der Waals surface area contributed by atoms with Gasteiger partial charge in [-0.15, -0.1) is 11.3 Å². The molecule has 3 aromatic heterocycles. The minimum atomic E-state index is 0.774. The lowest BCUT2D eigenvalue weighted by Gasteiger charge is -1.91. The molecule has 0 atom stereocenters. The summed E-state index contributed by atoms with van der Waals surface area (Å²) in [7, 11) is 0. The number of hydrogen-bond donors (Lipinski definition) is 1. The summed E-state index contributed by atoms with van der Waals surface area (Å²) in [4.78, 5) is 5.37. The first kappa shape index (κ1) is 7.70. The van der Waals surface area contributed by atoms with E-state index >= 15 is 0 Å². The maximum atomic E-state index is 4.17. The molecule has 3 nitrogen and oxygen atoms in total. The zero-order valence-electron chi connectivity index (χ0n) is 7.27. The molecule has 1 N–H and O–H groups in total. The molecule has 0 saturated carbocycles. The summed E-state index contributed by atoms with van der Waals surface area (Å²) in [6, 6.07) is 8.06. The fraction of sp³-hybridized carbons (Fsp3) is 0. The van der Waals surface area contributed by atoms with Gasteiger partial charge in [0.2, 0.25) is 0 Å². The Morgan fingerprint density at radius 1 is 1.21 bits per heavy atom. The monoisotopic (exact) mass is 201 g/mol. The lowest BCUT2D eigenvalue weighted by molar-refractivity contribution is 1.10. The summed E-state index contributed by atoms with van der Waals surface area (Å²) >= 11 is 1.70. The molecule has 0 aromatic carbocycles. The van der Waals surface area contributed by atoms with Crippen LogP contribution in [-0.2, 0) is 0 Å². The third-order valence-corrected chi connectivity index (χ3v) is 2.98. The summed E-state index contributed by atoms with van der Waals surface area (Å²) in [6.45, 7) is 0. The number of nitrogens with zero attached hydrogens (tertiary/aromatic N) is 2. The summed E-state index contributed by atoms with van der Waals surface area (Å²) in [5, 5.41) is 10.3. The minimum Gasteiger partial charge on any atom is -0.274 e. The highest BCUT2D eigenvalue weighted by Gasteiger charge is 2.07. The second kappa shape index (κ2) is 2.92. The van der Waals surface area contributed by atoms with Crippen LogP contribution in [0.4, 0.5) is 0 Å². The number of aromatic nitrogens is 3. The van der Waals surface area contributed by atoms with Crippen LogP contribution in [0.5, 0.6) is 0 Å². The SMILES string of the molecule is c1csc(-c2[nH]nc3ncccc23)c1. The third-order valence-electron chi connectivity index (χ3n) is 2.10. The van der Waals surface area contributed by atoms with Gasteiger partial charge < -0.3 is 0 Å². The number of H-pyrrole nitrogens is 1. The van der Waals surface area contributed by atoms with Crippen LogP contribution in [0, 0.1) is 0 Å². The smallest absolute Gasteiger partial charge is 0.181 e. The molecule has 0 aliphatic rings. The number of pyridine rings is 1. The molecule has 0 amide bonds. The van der Waals surface area contributed by atoms with Crippen LogP contribution < -0.4 is 0 Å². The van der Waals surface area contributed by atoms with E-state index in [4.69, 9.17) is 0 Å². The van der Waals surface area contributed by atoms with Crippen molar-refractivity contribution in [3.63, 3.8) is 0 Å². The molecule has 14 heavy (non-hydrogen) atoms. The Morgan fingerprint density at radius 2 is 2.21 bits per heavy atom. The van der Waals surface area contributed by atoms with E-state index in [0.29, 0.717) is 0 Å². The molecule has 0 radical (unpaired) electrons. The van der Waals surface area contributed by atoms with Crippen LogP contribution in [0.25, 0.3) is 21.6 Å². The Kier molecular flexibility index (Phi) is 1.61. The highest BCUT2D eigenvalue weighted by atomic mass is 32.1. The van der Waals surface area contributed by atoms with Crippen molar-refractivity contribution < 1.29 is 0 Å². The van der Waals surface area contributed by atoms with Crippen LogP contribution >= 0.6 is 11.3 Å². The summed E-state index contributed by atoms with van der Waals surface area (Å²) in [5.41, 5.74) is 1.83. The maximum Gasteiger partial charge on any atom is 0.181 e. The van der Waals surface area contributed by atoms with E-state index in [1.54, 1.807) is 17.5 Å². The molecular weight excluding hydrogens is 194 g/mol. The predicted molar refractivity (Wildman–Crippen MR) is 57.2 cm³/mol. The van der Waals surface area contributed by atoms with Gasteiger partial charge in [-0.1, -0.05) is 6.07 Å². The number of rotatable bonds is 1. The second-order valence-corrected chi connectivity index (χ2v) is 3.90. The molecule has 0 aliphatic carbocycles. The lowest BCUT2D eigenvalue weighted by atomic mass is 10.2. The van der Waals surface area contributed by atoms with Crippen molar-refractivity contribution >= 4 is 22.4 Å². The normalized spacial score (nSPS) is 10.9. The number of thiophene rings is 1. The Labute approximate surface area is 84.4 Å². The fourth-order valence-corrected chi connectivity index (χ4v) is 2.19. The predicted octanol–water partition coefficient (Wildman–Crippen LogP) is 2.69. The molecule has 0 saturated heterocycles. The standard InChI is InChI=1S/C10H7N3S/c1-3-7-9(8-4-2-6-14-8)12-13-10(7)11-5-1/h1-6H,(H,11,12,13). The highest BCUT2D eigenvalue weighted by Crippen LogP contribution is 2.28. The molecule has 0 aliphatic heterocycles. The van der Waals surface area contributed by atoms with Gasteiger partial charge in [0, 0.05) is 11.6 Å². The molecule has 0 unspecified atom stereocenters. The van der Waals surface area contributed by atoms with E-state index in [-0.39, 0.29) is 0 Å². The molecule has 0 bridgehead atoms. The number of nitrogens with one attached hydrogen (secondary N) is 1. The molecule has 3 heterocycles. The van der Waals surface area contributed by atoms with Gasteiger partial charge in [-0.25, -0.2) is 4.98 Å². The van der Waals surface area contributed by atoms with Crippen molar-refractivity contribution in [3.8, 4) is 10.6 Å². The maximum absolute atomic E-state index is 4.17. The molecule has 4 heteroatoms.